The normalized spacial score (nSPS) is 16.7. The van der Waals surface area contributed by atoms with E-state index in [4.69, 9.17) is 0 Å². The molecule has 0 aromatic heterocycles. The monoisotopic (exact) mass is 1390 g/mol. The molecule has 4 nitrogen and oxygen atoms in total. The molecule has 51 heteroatoms. The highest BCUT2D eigenvalue weighted by Crippen LogP contribution is 2.72. The molecule has 0 aliphatic heterocycles. The number of aryl methyl sites for hydroxylation is 1. The molecule has 86 heavy (non-hydrogen) atoms. The Balaban J connectivity index is 4.10. The van der Waals surface area contributed by atoms with Gasteiger partial charge in [-0.2, -0.15) is 211 Å². The lowest BCUT2D eigenvalue weighted by molar-refractivity contribution is -0.498. The maximum atomic E-state index is 14.6. The average molecular weight is 1390 g/mol. The van der Waals surface area contributed by atoms with Gasteiger partial charge in [0.05, 0.1) is 11.3 Å². The molecule has 1 aromatic rings. The molecule has 1 atom stereocenters. The molecule has 0 aliphatic carbocycles. The Morgan fingerprint density at radius 3 is 0.756 bits per heavy atom. The number of alkyl halides is 47. The zero-order valence-corrected chi connectivity index (χ0v) is 38.5. The summed E-state index contributed by atoms with van der Waals surface area (Å²) in [5, 5.41) is 1.08. The van der Waals surface area contributed by atoms with Gasteiger partial charge in [0.15, 0.2) is 0 Å². The zero-order valence-electron chi connectivity index (χ0n) is 38.5. The molecule has 1 amide bonds. The molecule has 1 N–H and O–H groups in total. The van der Waals surface area contributed by atoms with Gasteiger partial charge in [-0.25, -0.2) is 4.79 Å². The van der Waals surface area contributed by atoms with E-state index in [1.54, 1.807) is 0 Å². The number of amides is 1. The van der Waals surface area contributed by atoms with Gasteiger partial charge in [-0.3, -0.25) is 4.79 Å². The smallest absolute Gasteiger partial charge is 0.349 e. The van der Waals surface area contributed by atoms with E-state index in [-0.39, 0.29) is 12.5 Å². The number of isocyanates is 1. The van der Waals surface area contributed by atoms with E-state index in [0.29, 0.717) is 12.1 Å². The quantitative estimate of drug-likeness (QED) is 0.0571. The Kier molecular flexibility index (Phi) is 18.9. The molecule has 0 aliphatic rings. The Morgan fingerprint density at radius 1 is 0.360 bits per heavy atom. The molecule has 0 radical (unpaired) electrons. The van der Waals surface area contributed by atoms with Crippen molar-refractivity contribution in [1.29, 1.82) is 0 Å². The van der Waals surface area contributed by atoms with Crippen molar-refractivity contribution >= 4 is 17.7 Å². The molecule has 504 valence electrons. The van der Waals surface area contributed by atoms with Crippen LogP contribution < -0.4 is 5.32 Å². The Labute approximate surface area is 437 Å². The number of carbonyl (C=O) groups is 1. The summed E-state index contributed by atoms with van der Waals surface area (Å²) in [5.41, 5.74) is -2.01. The van der Waals surface area contributed by atoms with E-state index in [1.807, 2.05) is 0 Å². The predicted molar refractivity (Wildman–Crippen MR) is 175 cm³/mol. The summed E-state index contributed by atoms with van der Waals surface area (Å²) in [6, 6.07) is -0.847. The summed E-state index contributed by atoms with van der Waals surface area (Å²) in [6.07, 6.45) is -11.4. The summed E-state index contributed by atoms with van der Waals surface area (Å²) >= 11 is 0. The molecular formula is C35H13F47N2O2. The molecule has 1 rings (SSSR count). The molecule has 0 saturated carbocycles. The van der Waals surface area contributed by atoms with Crippen molar-refractivity contribution in [1.82, 2.24) is 5.32 Å². The highest BCUT2D eigenvalue weighted by molar-refractivity contribution is 5.99. The second-order valence-electron chi connectivity index (χ2n) is 17.1. The van der Waals surface area contributed by atoms with Crippen LogP contribution in [0.3, 0.4) is 0 Å². The third kappa shape index (κ3) is 9.69. The first-order valence-corrected chi connectivity index (χ1v) is 19.6. The van der Waals surface area contributed by atoms with Crippen molar-refractivity contribution in [2.75, 3.05) is 0 Å². The van der Waals surface area contributed by atoms with Gasteiger partial charge in [-0.15, -0.1) is 0 Å². The molecule has 0 spiro atoms. The van der Waals surface area contributed by atoms with Gasteiger partial charge >= 0.3 is 136 Å². The van der Waals surface area contributed by atoms with Gasteiger partial charge in [0, 0.05) is 12.5 Å². The van der Waals surface area contributed by atoms with E-state index in [1.165, 1.54) is 0 Å². The number of carbonyl (C=O) groups excluding carboxylic acids is 2. The van der Waals surface area contributed by atoms with Gasteiger partial charge in [0.1, 0.15) is 0 Å². The minimum absolute atomic E-state index is 0.0977. The fraction of sp³-hybridized carbons (Fsp3) is 0.771. The van der Waals surface area contributed by atoms with Crippen LogP contribution in [0.1, 0.15) is 29.3 Å². The van der Waals surface area contributed by atoms with Crippen molar-refractivity contribution < 1.29 is 216 Å². The lowest BCUT2D eigenvalue weighted by Crippen LogP contribution is -2.81. The number of aliphatic imine (C=N–C) groups is 1. The molecule has 1 unspecified atom stereocenters. The van der Waals surface area contributed by atoms with Crippen LogP contribution in [-0.4, -0.2) is 155 Å². The molecule has 1 aromatic carbocycles. The van der Waals surface area contributed by atoms with Crippen molar-refractivity contribution in [3.05, 3.63) is 29.3 Å². The molecule has 0 saturated heterocycles. The summed E-state index contributed by atoms with van der Waals surface area (Å²) in [5.74, 6) is -227. The Morgan fingerprint density at radius 2 is 0.558 bits per heavy atom. The topological polar surface area (TPSA) is 58.5 Å². The van der Waals surface area contributed by atoms with Gasteiger partial charge < -0.3 is 5.32 Å². The number of rotatable bonds is 26. The van der Waals surface area contributed by atoms with Gasteiger partial charge in [-0.05, 0) is 26.0 Å². The summed E-state index contributed by atoms with van der Waals surface area (Å²) < 4.78 is 659. The maximum Gasteiger partial charge on any atom is 0.460 e. The van der Waals surface area contributed by atoms with Crippen LogP contribution in [0.15, 0.2) is 23.2 Å². The van der Waals surface area contributed by atoms with E-state index in [0.717, 1.165) is 24.4 Å². The molecule has 0 fully saturated rings. The van der Waals surface area contributed by atoms with Crippen LogP contribution >= 0.6 is 0 Å². The number of hydrogen-bond acceptors (Lipinski definition) is 3. The third-order valence-corrected chi connectivity index (χ3v) is 11.2. The number of benzene rings is 1. The largest absolute Gasteiger partial charge is 0.460 e. The summed E-state index contributed by atoms with van der Waals surface area (Å²) in [6.45, 7) is 0.933. The zero-order chi connectivity index (χ0) is 70.3. The highest BCUT2D eigenvalue weighted by Gasteiger charge is 3.04. The Hall–Kier alpha value is -5.22. The van der Waals surface area contributed by atoms with Gasteiger partial charge in [0.2, 0.25) is 6.08 Å². The van der Waals surface area contributed by atoms with Crippen LogP contribution in [0.5, 0.6) is 0 Å². The van der Waals surface area contributed by atoms with Gasteiger partial charge in [0.25, 0.3) is 5.91 Å². The summed E-state index contributed by atoms with van der Waals surface area (Å²) in [7, 11) is 0. The first-order valence-electron chi connectivity index (χ1n) is 19.6. The van der Waals surface area contributed by atoms with Crippen molar-refractivity contribution in [2.45, 2.75) is 163 Å². The predicted octanol–water partition coefficient (Wildman–Crippen LogP) is 17.0. The van der Waals surface area contributed by atoms with E-state index in [9.17, 15) is 216 Å². The summed E-state index contributed by atoms with van der Waals surface area (Å²) in [4.78, 5) is 25.8. The highest BCUT2D eigenvalue weighted by atomic mass is 19.4. The van der Waals surface area contributed by atoms with Crippen LogP contribution in [0.25, 0.3) is 0 Å². The molecule has 0 heterocycles. The molecular weight excluding hydrogens is 1370 g/mol. The average Bonchev–Trinajstić information content (AvgIpc) is 0.708. The van der Waals surface area contributed by atoms with E-state index < -0.39 is 166 Å². The van der Waals surface area contributed by atoms with Crippen LogP contribution in [0.4, 0.5) is 212 Å². The third-order valence-electron chi connectivity index (χ3n) is 11.2. The fourth-order valence-corrected chi connectivity index (χ4v) is 6.00. The standard InChI is InChI=1S/C35H13F47N2O2/c1-8-3-4-11(83-7-85)10(5-8)12(86)84-9(2)6-13(36,37)14(38,39)15(40,41)16(42,43)17(44,45)18(46,47)19(48,49)20(50,51)21(52,53)22(54,55)23(56,57)24(58,59)25(60,61)26(62,63)27(64,65)28(66,67)29(68,69)30(70,71)31(72,73)32(74,75)33(76,77)34(78,79)35(80,81)82/h3-5,9H,6H2,1-2H3,(H,84,86). The Bertz CT molecular complexity index is 2710. The van der Waals surface area contributed by atoms with Crippen LogP contribution in [-0.2, 0) is 4.79 Å². The SMILES string of the molecule is Cc1ccc(N=C=O)c(C(=O)NC(C)CC(F)(F)C(F)(F)C(F)(F)C(F)(F)C(F)(F)C(F)(F)C(F)(F)C(F)(F)C(F)(F)C(F)(F)C(F)(F)C(F)(F)C(F)(F)C(F)(F)C(F)(F)C(F)(F)C(F)(F)C(F)(F)C(F)(F)C(F)(F)C(F)(F)C(F)(F)C(F)(F)F)c1. The lowest BCUT2D eigenvalue weighted by Gasteiger charge is -2.47. The second-order valence-corrected chi connectivity index (χ2v) is 17.1. The molecule has 0 bridgehead atoms. The van der Waals surface area contributed by atoms with Crippen molar-refractivity contribution in [3.8, 4) is 0 Å². The second kappa shape index (κ2) is 20.7. The fourth-order valence-electron chi connectivity index (χ4n) is 6.00. The number of nitrogens with zero attached hydrogens (tertiary/aromatic N) is 1. The first-order chi connectivity index (χ1) is 36.7. The minimum Gasteiger partial charge on any atom is -0.349 e. The van der Waals surface area contributed by atoms with Crippen molar-refractivity contribution in [3.63, 3.8) is 0 Å². The van der Waals surface area contributed by atoms with Gasteiger partial charge in [-0.1, -0.05) is 11.6 Å². The number of halogens is 47. The minimum atomic E-state index is -10.9. The van der Waals surface area contributed by atoms with Crippen LogP contribution in [0.2, 0.25) is 0 Å². The maximum absolute atomic E-state index is 14.6. The number of hydrogen-bond donors (Lipinski definition) is 1. The lowest BCUT2D eigenvalue weighted by atomic mass is 9.81. The number of nitrogens with one attached hydrogen (secondary N) is 1. The van der Waals surface area contributed by atoms with Crippen molar-refractivity contribution in [2.24, 2.45) is 4.99 Å². The van der Waals surface area contributed by atoms with E-state index in [2.05, 4.69) is 4.99 Å². The first kappa shape index (κ1) is 78.8. The van der Waals surface area contributed by atoms with E-state index >= 15 is 0 Å². The van der Waals surface area contributed by atoms with Crippen LogP contribution in [0, 0.1) is 6.92 Å².